The molecule has 0 aliphatic rings. The van der Waals surface area contributed by atoms with E-state index < -0.39 is 0 Å². The van der Waals surface area contributed by atoms with E-state index in [-0.39, 0.29) is 11.7 Å². The molecule has 16 heavy (non-hydrogen) atoms. The Kier molecular flexibility index (Phi) is 4.83. The molecule has 0 aliphatic heterocycles. The van der Waals surface area contributed by atoms with Crippen LogP contribution < -0.4 is 5.32 Å². The lowest BCUT2D eigenvalue weighted by atomic mass is 10.1. The van der Waals surface area contributed by atoms with Crippen molar-refractivity contribution < 1.29 is 9.90 Å². The summed E-state index contributed by atoms with van der Waals surface area (Å²) in [5.74, 6) is 0.202. The molecule has 0 spiro atoms. The van der Waals surface area contributed by atoms with Gasteiger partial charge in [0.15, 0.2) is 0 Å². The highest BCUT2D eigenvalue weighted by Gasteiger charge is 2.07. The van der Waals surface area contributed by atoms with Crippen LogP contribution in [0, 0.1) is 0 Å². The van der Waals surface area contributed by atoms with Gasteiger partial charge >= 0.3 is 0 Å². The van der Waals surface area contributed by atoms with Crippen LogP contribution in [0.4, 0.5) is 0 Å². The lowest BCUT2D eigenvalue weighted by molar-refractivity contribution is 0.0953. The van der Waals surface area contributed by atoms with E-state index in [9.17, 15) is 9.90 Å². The molecule has 0 saturated heterocycles. The molecule has 1 amide bonds. The third-order valence-electron chi connectivity index (χ3n) is 2.40. The van der Waals surface area contributed by atoms with Crippen molar-refractivity contribution in [3.63, 3.8) is 0 Å². The maximum absolute atomic E-state index is 11.7. The van der Waals surface area contributed by atoms with Crippen molar-refractivity contribution in [3.8, 4) is 5.75 Å². The number of benzene rings is 1. The summed E-state index contributed by atoms with van der Waals surface area (Å²) < 4.78 is 0. The first-order valence-electron chi connectivity index (χ1n) is 5.79. The molecule has 3 nitrogen and oxygen atoms in total. The topological polar surface area (TPSA) is 49.3 Å². The molecule has 2 N–H and O–H groups in total. The maximum Gasteiger partial charge on any atom is 0.251 e. The molecule has 88 valence electrons. The quantitative estimate of drug-likeness (QED) is 0.802. The highest BCUT2D eigenvalue weighted by molar-refractivity contribution is 5.94. The Morgan fingerprint density at radius 1 is 1.31 bits per heavy atom. The fourth-order valence-corrected chi connectivity index (χ4v) is 1.54. The van der Waals surface area contributed by atoms with Crippen molar-refractivity contribution in [1.29, 1.82) is 0 Å². The van der Waals surface area contributed by atoms with Crippen LogP contribution >= 0.6 is 0 Å². The number of aryl methyl sites for hydroxylation is 1. The largest absolute Gasteiger partial charge is 0.508 e. The van der Waals surface area contributed by atoms with E-state index in [0.29, 0.717) is 12.1 Å². The standard InChI is InChI=1S/C13H19NO2/c1-3-5-10-9-11(6-7-12(10)15)13(16)14-8-4-2/h6-7,9,15H,3-5,8H2,1-2H3,(H,14,16). The number of rotatable bonds is 5. The number of amides is 1. The fraction of sp³-hybridized carbons (Fsp3) is 0.462. The van der Waals surface area contributed by atoms with Gasteiger partial charge in [-0.05, 0) is 36.6 Å². The molecule has 0 saturated carbocycles. The Morgan fingerprint density at radius 3 is 2.69 bits per heavy atom. The van der Waals surface area contributed by atoms with E-state index in [2.05, 4.69) is 5.32 Å². The van der Waals surface area contributed by atoms with Gasteiger partial charge in [-0.25, -0.2) is 0 Å². The van der Waals surface area contributed by atoms with Gasteiger partial charge in [0, 0.05) is 12.1 Å². The van der Waals surface area contributed by atoms with Crippen LogP contribution in [-0.2, 0) is 6.42 Å². The van der Waals surface area contributed by atoms with E-state index in [0.717, 1.165) is 24.8 Å². The van der Waals surface area contributed by atoms with Crippen molar-refractivity contribution in [2.45, 2.75) is 33.1 Å². The normalized spacial score (nSPS) is 10.1. The summed E-state index contributed by atoms with van der Waals surface area (Å²) in [5.41, 5.74) is 1.46. The van der Waals surface area contributed by atoms with E-state index in [1.165, 1.54) is 0 Å². The molecule has 0 fully saturated rings. The van der Waals surface area contributed by atoms with Crippen LogP contribution in [0.2, 0.25) is 0 Å². The van der Waals surface area contributed by atoms with Gasteiger partial charge in [-0.15, -0.1) is 0 Å². The summed E-state index contributed by atoms with van der Waals surface area (Å²) in [6.45, 7) is 4.74. The third kappa shape index (κ3) is 3.26. The van der Waals surface area contributed by atoms with Crippen LogP contribution in [0.25, 0.3) is 0 Å². The number of phenolic OH excluding ortho intramolecular Hbond substituents is 1. The Labute approximate surface area is 96.5 Å². The van der Waals surface area contributed by atoms with Crippen molar-refractivity contribution >= 4 is 5.91 Å². The van der Waals surface area contributed by atoms with Gasteiger partial charge in [-0.1, -0.05) is 20.3 Å². The van der Waals surface area contributed by atoms with Gasteiger partial charge in [-0.3, -0.25) is 4.79 Å². The molecular formula is C13H19NO2. The predicted molar refractivity (Wildman–Crippen MR) is 64.7 cm³/mol. The van der Waals surface area contributed by atoms with Gasteiger partial charge in [0.25, 0.3) is 5.91 Å². The van der Waals surface area contributed by atoms with Crippen LogP contribution in [0.15, 0.2) is 18.2 Å². The highest BCUT2D eigenvalue weighted by Crippen LogP contribution is 2.19. The van der Waals surface area contributed by atoms with E-state index in [1.807, 2.05) is 13.8 Å². The molecule has 0 atom stereocenters. The number of hydrogen-bond acceptors (Lipinski definition) is 2. The predicted octanol–water partition coefficient (Wildman–Crippen LogP) is 2.48. The summed E-state index contributed by atoms with van der Waals surface area (Å²) in [6.07, 6.45) is 2.67. The van der Waals surface area contributed by atoms with Gasteiger partial charge in [0.05, 0.1) is 0 Å². The number of phenols is 1. The summed E-state index contributed by atoms with van der Waals surface area (Å²) in [6, 6.07) is 5.01. The third-order valence-corrected chi connectivity index (χ3v) is 2.40. The second kappa shape index (κ2) is 6.16. The Bertz CT molecular complexity index is 361. The van der Waals surface area contributed by atoms with Crippen LogP contribution in [0.1, 0.15) is 42.6 Å². The fourth-order valence-electron chi connectivity index (χ4n) is 1.54. The van der Waals surface area contributed by atoms with E-state index in [4.69, 9.17) is 0 Å². The lowest BCUT2D eigenvalue weighted by Crippen LogP contribution is -2.23. The minimum Gasteiger partial charge on any atom is -0.508 e. The number of carbonyl (C=O) groups excluding carboxylic acids is 1. The van der Waals surface area contributed by atoms with Crippen molar-refractivity contribution in [2.75, 3.05) is 6.54 Å². The Morgan fingerprint density at radius 2 is 2.06 bits per heavy atom. The molecule has 0 heterocycles. The Balaban J connectivity index is 2.81. The average molecular weight is 221 g/mol. The minimum atomic E-state index is -0.0702. The number of nitrogens with one attached hydrogen (secondary N) is 1. The molecule has 0 aromatic heterocycles. The zero-order valence-electron chi connectivity index (χ0n) is 9.92. The van der Waals surface area contributed by atoms with Crippen LogP contribution in [-0.4, -0.2) is 17.6 Å². The summed E-state index contributed by atoms with van der Waals surface area (Å²) in [7, 11) is 0. The first kappa shape index (κ1) is 12.6. The molecule has 0 unspecified atom stereocenters. The first-order chi connectivity index (χ1) is 7.69. The molecule has 1 aromatic carbocycles. The maximum atomic E-state index is 11.7. The van der Waals surface area contributed by atoms with Crippen LogP contribution in [0.3, 0.4) is 0 Å². The summed E-state index contributed by atoms with van der Waals surface area (Å²) >= 11 is 0. The summed E-state index contributed by atoms with van der Waals surface area (Å²) in [4.78, 5) is 11.7. The van der Waals surface area contributed by atoms with Crippen LogP contribution in [0.5, 0.6) is 5.75 Å². The van der Waals surface area contributed by atoms with Gasteiger partial charge in [0.2, 0.25) is 0 Å². The van der Waals surface area contributed by atoms with Crippen molar-refractivity contribution in [2.24, 2.45) is 0 Å². The van der Waals surface area contributed by atoms with Gasteiger partial charge in [0.1, 0.15) is 5.75 Å². The van der Waals surface area contributed by atoms with E-state index in [1.54, 1.807) is 18.2 Å². The zero-order chi connectivity index (χ0) is 12.0. The monoisotopic (exact) mass is 221 g/mol. The summed E-state index contributed by atoms with van der Waals surface area (Å²) in [5, 5.41) is 12.4. The molecule has 0 radical (unpaired) electrons. The Hall–Kier alpha value is -1.51. The second-order valence-corrected chi connectivity index (χ2v) is 3.85. The second-order valence-electron chi connectivity index (χ2n) is 3.85. The minimum absolute atomic E-state index is 0.0702. The average Bonchev–Trinajstić information content (AvgIpc) is 2.29. The SMILES string of the molecule is CCCNC(=O)c1ccc(O)c(CCC)c1. The molecule has 3 heteroatoms. The molecule has 1 rings (SSSR count). The highest BCUT2D eigenvalue weighted by atomic mass is 16.3. The first-order valence-corrected chi connectivity index (χ1v) is 5.79. The smallest absolute Gasteiger partial charge is 0.251 e. The number of carbonyl (C=O) groups is 1. The number of hydrogen-bond donors (Lipinski definition) is 2. The lowest BCUT2D eigenvalue weighted by Gasteiger charge is -2.07. The van der Waals surface area contributed by atoms with E-state index >= 15 is 0 Å². The van der Waals surface area contributed by atoms with Gasteiger partial charge < -0.3 is 10.4 Å². The molecular weight excluding hydrogens is 202 g/mol. The number of aromatic hydroxyl groups is 1. The zero-order valence-corrected chi connectivity index (χ0v) is 9.92. The van der Waals surface area contributed by atoms with Gasteiger partial charge in [-0.2, -0.15) is 0 Å². The molecule has 1 aromatic rings. The van der Waals surface area contributed by atoms with Crippen molar-refractivity contribution in [1.82, 2.24) is 5.32 Å². The molecule has 0 aliphatic carbocycles. The van der Waals surface area contributed by atoms with Crippen molar-refractivity contribution in [3.05, 3.63) is 29.3 Å². The molecule has 0 bridgehead atoms.